The standard InChI is InChI=1S/C35H21FN3O.C14H16NSi.Ir/c1-21-8-2-5-11-25(21)30-19-18-27-26-12-6-13-28(33(26)40-35(27)38-30)34-37-31-15-7-14-29(36)32(31)39(34)24-17-16-22-9-3-4-10-23(22)20-24;1-16(2,3)13-9-10-14(15-11-13)12-7-5-4-6-8-12;/h2-12,14-20H,1H3;4-7,9-11H,1-3H3;/q2*-1;/i1D3;;. The number of aryl methyl sites for hydroxylation is 1. The molecule has 0 fully saturated rings. The molecule has 5 nitrogen and oxygen atoms in total. The largest absolute Gasteiger partial charge is 0.486 e. The normalized spacial score (nSPS) is 12.5. The summed E-state index contributed by atoms with van der Waals surface area (Å²) in [6, 6.07) is 51.8. The Morgan fingerprint density at radius 2 is 1.53 bits per heavy atom. The van der Waals surface area contributed by atoms with Crippen molar-refractivity contribution in [2.75, 3.05) is 0 Å². The number of aromatic nitrogens is 4. The average Bonchev–Trinajstić information content (AvgIpc) is 3.83. The molecule has 57 heavy (non-hydrogen) atoms. The third-order valence-corrected chi connectivity index (χ3v) is 12.0. The summed E-state index contributed by atoms with van der Waals surface area (Å²) in [6.07, 6.45) is 2.02. The molecular weight excluding hydrogens is 900 g/mol. The van der Waals surface area contributed by atoms with Gasteiger partial charge in [-0.2, -0.15) is 0 Å². The third-order valence-electron chi connectivity index (χ3n) is 9.96. The molecule has 1 radical (unpaired) electrons. The Bertz CT molecular complexity index is 3160. The zero-order valence-electron chi connectivity index (χ0n) is 34.3. The van der Waals surface area contributed by atoms with E-state index in [2.05, 4.69) is 48.9 Å². The van der Waals surface area contributed by atoms with E-state index in [4.69, 9.17) is 18.5 Å². The molecule has 0 saturated heterocycles. The van der Waals surface area contributed by atoms with E-state index in [0.717, 1.165) is 38.5 Å². The predicted octanol–water partition coefficient (Wildman–Crippen LogP) is 12.1. The monoisotopic (exact) mass is 940 g/mol. The van der Waals surface area contributed by atoms with E-state index >= 15 is 4.39 Å². The van der Waals surface area contributed by atoms with E-state index in [1.165, 1.54) is 11.3 Å². The number of fused-ring (bicyclic) bond motifs is 5. The number of nitrogens with zero attached hydrogens (tertiary/aromatic N) is 4. The Kier molecular flexibility index (Phi) is 9.29. The van der Waals surface area contributed by atoms with E-state index in [1.54, 1.807) is 53.1 Å². The molecule has 0 atom stereocenters. The van der Waals surface area contributed by atoms with Gasteiger partial charge in [0.25, 0.3) is 0 Å². The molecule has 0 aliphatic carbocycles. The first-order valence-electron chi connectivity index (χ1n) is 19.9. The van der Waals surface area contributed by atoms with Crippen molar-refractivity contribution in [2.24, 2.45) is 0 Å². The first kappa shape index (κ1) is 34.2. The van der Waals surface area contributed by atoms with Crippen LogP contribution in [0.1, 0.15) is 9.68 Å². The first-order valence-corrected chi connectivity index (χ1v) is 21.9. The van der Waals surface area contributed by atoms with Gasteiger partial charge in [-0.3, -0.25) is 4.98 Å². The molecule has 0 N–H and O–H groups in total. The molecular formula is C49H37FIrN4OSi-2. The summed E-state index contributed by atoms with van der Waals surface area (Å²) in [7, 11) is -1.23. The van der Waals surface area contributed by atoms with Crippen LogP contribution >= 0.6 is 0 Å². The van der Waals surface area contributed by atoms with Crippen LogP contribution in [0.2, 0.25) is 19.6 Å². The minimum absolute atomic E-state index is 0. The van der Waals surface area contributed by atoms with Crippen molar-refractivity contribution in [3.63, 3.8) is 0 Å². The molecule has 4 aromatic heterocycles. The smallest absolute Gasteiger partial charge is 0.216 e. The van der Waals surface area contributed by atoms with E-state index in [1.807, 2.05) is 85.1 Å². The zero-order chi connectivity index (χ0) is 40.9. The predicted molar refractivity (Wildman–Crippen MR) is 230 cm³/mol. The number of rotatable bonds is 5. The number of hydrogen-bond donors (Lipinski definition) is 0. The number of para-hydroxylation sites is 1. The molecule has 0 spiro atoms. The summed E-state index contributed by atoms with van der Waals surface area (Å²) in [4.78, 5) is 14.1. The topological polar surface area (TPSA) is 56.7 Å². The van der Waals surface area contributed by atoms with Gasteiger partial charge in [0.15, 0.2) is 0 Å². The zero-order valence-corrected chi connectivity index (χ0v) is 34.7. The minimum Gasteiger partial charge on any atom is -0.486 e. The summed E-state index contributed by atoms with van der Waals surface area (Å²) in [5.41, 5.74) is 6.33. The van der Waals surface area contributed by atoms with Crippen molar-refractivity contribution in [2.45, 2.75) is 26.5 Å². The van der Waals surface area contributed by atoms with Gasteiger partial charge in [0.1, 0.15) is 5.82 Å². The van der Waals surface area contributed by atoms with Gasteiger partial charge >= 0.3 is 0 Å². The van der Waals surface area contributed by atoms with Crippen molar-refractivity contribution in [1.82, 2.24) is 19.5 Å². The van der Waals surface area contributed by atoms with Crippen molar-refractivity contribution in [1.29, 1.82) is 0 Å². The third kappa shape index (κ3) is 7.24. The van der Waals surface area contributed by atoms with E-state index in [9.17, 15) is 0 Å². The molecule has 0 unspecified atom stereocenters. The molecule has 4 heterocycles. The Labute approximate surface area is 349 Å². The van der Waals surface area contributed by atoms with Gasteiger partial charge in [-0.05, 0) is 70.5 Å². The summed E-state index contributed by atoms with van der Waals surface area (Å²) in [5, 5.41) is 5.05. The number of halogens is 1. The second kappa shape index (κ2) is 15.5. The molecule has 281 valence electrons. The SMILES string of the molecule is C[Si](C)(C)c1ccc(-c2[c-]cccc2)nc1.[2H]C([2H])([2H])c1ccccc1-c1ccc2c(n1)oc1c(-c3nc4cccc(F)c4n3-c3ccc4ccccc4c3)[c-]ccc12.[Ir]. The van der Waals surface area contributed by atoms with Crippen LogP contribution in [-0.2, 0) is 20.1 Å². The minimum atomic E-state index is -2.29. The van der Waals surface area contributed by atoms with Crippen molar-refractivity contribution in [3.05, 3.63) is 175 Å². The van der Waals surface area contributed by atoms with Gasteiger partial charge in [-0.15, -0.1) is 54.1 Å². The Morgan fingerprint density at radius 1 is 0.719 bits per heavy atom. The summed E-state index contributed by atoms with van der Waals surface area (Å²) in [6.45, 7) is 4.70. The molecule has 10 rings (SSSR count). The van der Waals surface area contributed by atoms with E-state index in [-0.39, 0.29) is 31.5 Å². The van der Waals surface area contributed by atoms with Gasteiger partial charge in [0, 0.05) is 47.1 Å². The quantitative estimate of drug-likeness (QED) is 0.127. The summed E-state index contributed by atoms with van der Waals surface area (Å²) < 4.78 is 47.6. The van der Waals surface area contributed by atoms with E-state index < -0.39 is 14.9 Å². The van der Waals surface area contributed by atoms with Crippen molar-refractivity contribution >= 4 is 57.1 Å². The fourth-order valence-electron chi connectivity index (χ4n) is 7.01. The summed E-state index contributed by atoms with van der Waals surface area (Å²) >= 11 is 0. The van der Waals surface area contributed by atoms with Crippen LogP contribution in [0.4, 0.5) is 4.39 Å². The number of furan rings is 1. The van der Waals surface area contributed by atoms with Crippen molar-refractivity contribution < 1.29 is 33.0 Å². The second-order valence-electron chi connectivity index (χ2n) is 14.7. The van der Waals surface area contributed by atoms with Gasteiger partial charge in [-0.1, -0.05) is 103 Å². The Morgan fingerprint density at radius 3 is 2.32 bits per heavy atom. The Balaban J connectivity index is 0.000000248. The van der Waals surface area contributed by atoms with Crippen LogP contribution in [0.25, 0.3) is 83.5 Å². The molecule has 0 aliphatic rings. The molecule has 0 saturated carbocycles. The van der Waals surface area contributed by atoms with Crippen LogP contribution in [-0.4, -0.2) is 27.6 Å². The van der Waals surface area contributed by atoms with Crippen LogP contribution in [0.3, 0.4) is 0 Å². The van der Waals surface area contributed by atoms with Crippen molar-refractivity contribution in [3.8, 4) is 39.6 Å². The number of pyridine rings is 2. The molecule has 10 aromatic rings. The maximum Gasteiger partial charge on any atom is 0.216 e. The fraction of sp³-hybridized carbons (Fsp3) is 0.0816. The van der Waals surface area contributed by atoms with Gasteiger partial charge < -0.3 is 14.0 Å². The first-order chi connectivity index (χ1) is 28.4. The van der Waals surface area contributed by atoms with Gasteiger partial charge in [0.05, 0.1) is 36.2 Å². The van der Waals surface area contributed by atoms with Crippen LogP contribution in [0.15, 0.2) is 156 Å². The molecule has 8 heteroatoms. The number of benzene rings is 6. The molecule has 6 aromatic carbocycles. The van der Waals surface area contributed by atoms with Crippen LogP contribution in [0.5, 0.6) is 0 Å². The molecule has 0 aliphatic heterocycles. The average molecular weight is 940 g/mol. The summed E-state index contributed by atoms with van der Waals surface area (Å²) in [5.74, 6) is 0.0911. The maximum atomic E-state index is 15.4. The maximum absolute atomic E-state index is 15.4. The van der Waals surface area contributed by atoms with Gasteiger partial charge in [0.2, 0.25) is 5.71 Å². The molecule has 0 bridgehead atoms. The van der Waals surface area contributed by atoms with E-state index in [0.29, 0.717) is 45.0 Å². The second-order valence-corrected chi connectivity index (χ2v) is 19.7. The number of hydrogen-bond acceptors (Lipinski definition) is 4. The fourth-order valence-corrected chi connectivity index (χ4v) is 8.05. The van der Waals surface area contributed by atoms with Crippen LogP contribution in [0, 0.1) is 24.8 Å². The molecule has 0 amide bonds. The van der Waals surface area contributed by atoms with Gasteiger partial charge in [-0.25, -0.2) is 9.37 Å². The van der Waals surface area contributed by atoms with Crippen LogP contribution < -0.4 is 5.19 Å². The Hall–Kier alpha value is -6.05. The number of imidazole rings is 1.